The molecule has 1 atom stereocenters. The molecular formula is C26H28N2O3S. The average molecular weight is 449 g/mol. The summed E-state index contributed by atoms with van der Waals surface area (Å²) in [5, 5.41) is 3.22. The monoisotopic (exact) mass is 448 g/mol. The highest BCUT2D eigenvalue weighted by atomic mass is 32.2. The molecule has 4 rings (SSSR count). The molecule has 5 nitrogen and oxygen atoms in total. The number of aryl methyl sites for hydroxylation is 1. The Kier molecular flexibility index (Phi) is 6.72. The van der Waals surface area contributed by atoms with Crippen molar-refractivity contribution in [2.24, 2.45) is 5.92 Å². The summed E-state index contributed by atoms with van der Waals surface area (Å²) in [4.78, 5) is 13.5. The van der Waals surface area contributed by atoms with E-state index in [0.29, 0.717) is 30.8 Å². The molecule has 1 amide bonds. The SMILES string of the molecule is Cc1cccc([C@@H](NC(=O)C2CCN(S(=O)(=O)c3ccccc3)CC2)c2ccccc2)c1. The fourth-order valence-electron chi connectivity index (χ4n) is 4.21. The van der Waals surface area contributed by atoms with Crippen LogP contribution in [0.1, 0.15) is 35.6 Å². The van der Waals surface area contributed by atoms with E-state index in [9.17, 15) is 13.2 Å². The lowest BCUT2D eigenvalue weighted by Crippen LogP contribution is -2.43. The number of sulfonamides is 1. The summed E-state index contributed by atoms with van der Waals surface area (Å²) in [6.07, 6.45) is 1.01. The summed E-state index contributed by atoms with van der Waals surface area (Å²) in [7, 11) is -3.52. The number of carbonyl (C=O) groups excluding carboxylic acids is 1. The Morgan fingerprint density at radius 2 is 1.47 bits per heavy atom. The molecule has 1 saturated heterocycles. The van der Waals surface area contributed by atoms with Gasteiger partial charge in [-0.05, 0) is 43.0 Å². The Morgan fingerprint density at radius 1 is 0.875 bits per heavy atom. The van der Waals surface area contributed by atoms with E-state index in [2.05, 4.69) is 11.4 Å². The second-order valence-electron chi connectivity index (χ2n) is 8.26. The summed E-state index contributed by atoms with van der Waals surface area (Å²) in [5.41, 5.74) is 3.20. The van der Waals surface area contributed by atoms with E-state index in [1.54, 1.807) is 30.3 Å². The first-order valence-electron chi connectivity index (χ1n) is 10.9. The van der Waals surface area contributed by atoms with Crippen molar-refractivity contribution in [2.75, 3.05) is 13.1 Å². The maximum absolute atomic E-state index is 13.2. The maximum Gasteiger partial charge on any atom is 0.243 e. The third-order valence-electron chi connectivity index (χ3n) is 6.00. The summed E-state index contributed by atoms with van der Waals surface area (Å²) < 4.78 is 27.2. The van der Waals surface area contributed by atoms with Crippen LogP contribution in [0, 0.1) is 12.8 Å². The van der Waals surface area contributed by atoms with Crippen molar-refractivity contribution in [3.05, 3.63) is 102 Å². The molecule has 0 aromatic heterocycles. The van der Waals surface area contributed by atoms with Gasteiger partial charge in [-0.1, -0.05) is 78.4 Å². The van der Waals surface area contributed by atoms with Crippen LogP contribution < -0.4 is 5.32 Å². The van der Waals surface area contributed by atoms with Crippen molar-refractivity contribution in [2.45, 2.75) is 30.7 Å². The molecule has 6 heteroatoms. The van der Waals surface area contributed by atoms with Crippen LogP contribution in [-0.2, 0) is 14.8 Å². The predicted octanol–water partition coefficient (Wildman–Crippen LogP) is 4.30. The molecule has 0 radical (unpaired) electrons. The second-order valence-corrected chi connectivity index (χ2v) is 10.2. The Morgan fingerprint density at radius 3 is 2.09 bits per heavy atom. The van der Waals surface area contributed by atoms with Gasteiger partial charge in [-0.2, -0.15) is 4.31 Å². The highest BCUT2D eigenvalue weighted by molar-refractivity contribution is 7.89. The van der Waals surface area contributed by atoms with Crippen LogP contribution in [0.4, 0.5) is 0 Å². The quantitative estimate of drug-likeness (QED) is 0.611. The molecule has 166 valence electrons. The van der Waals surface area contributed by atoms with Crippen LogP contribution in [0.2, 0.25) is 0 Å². The van der Waals surface area contributed by atoms with Crippen molar-refractivity contribution in [3.8, 4) is 0 Å². The number of hydrogen-bond donors (Lipinski definition) is 1. The largest absolute Gasteiger partial charge is 0.345 e. The lowest BCUT2D eigenvalue weighted by Gasteiger charge is -2.31. The number of nitrogens with zero attached hydrogens (tertiary/aromatic N) is 1. The first-order valence-corrected chi connectivity index (χ1v) is 12.4. The lowest BCUT2D eigenvalue weighted by molar-refractivity contribution is -0.126. The van der Waals surface area contributed by atoms with Crippen LogP contribution in [0.5, 0.6) is 0 Å². The molecule has 3 aromatic rings. The highest BCUT2D eigenvalue weighted by Crippen LogP contribution is 2.27. The van der Waals surface area contributed by atoms with E-state index in [-0.39, 0.29) is 17.9 Å². The maximum atomic E-state index is 13.2. The highest BCUT2D eigenvalue weighted by Gasteiger charge is 2.33. The van der Waals surface area contributed by atoms with Gasteiger partial charge in [-0.3, -0.25) is 4.79 Å². The molecule has 0 unspecified atom stereocenters. The molecule has 0 aliphatic carbocycles. The van der Waals surface area contributed by atoms with Crippen LogP contribution >= 0.6 is 0 Å². The molecule has 1 N–H and O–H groups in total. The van der Waals surface area contributed by atoms with Gasteiger partial charge in [0.15, 0.2) is 0 Å². The molecule has 1 aliphatic heterocycles. The number of piperidine rings is 1. The molecule has 32 heavy (non-hydrogen) atoms. The lowest BCUT2D eigenvalue weighted by atomic mass is 9.93. The van der Waals surface area contributed by atoms with Gasteiger partial charge >= 0.3 is 0 Å². The predicted molar refractivity (Wildman–Crippen MR) is 126 cm³/mol. The van der Waals surface area contributed by atoms with Gasteiger partial charge in [0.1, 0.15) is 0 Å². The number of hydrogen-bond acceptors (Lipinski definition) is 3. The van der Waals surface area contributed by atoms with Crippen LogP contribution in [-0.4, -0.2) is 31.7 Å². The zero-order valence-electron chi connectivity index (χ0n) is 18.1. The van der Waals surface area contributed by atoms with E-state index in [0.717, 1.165) is 16.7 Å². The first-order chi connectivity index (χ1) is 15.4. The van der Waals surface area contributed by atoms with Crippen molar-refractivity contribution in [1.82, 2.24) is 9.62 Å². The van der Waals surface area contributed by atoms with Crippen molar-refractivity contribution >= 4 is 15.9 Å². The molecule has 1 heterocycles. The second kappa shape index (κ2) is 9.67. The average Bonchev–Trinajstić information content (AvgIpc) is 2.83. The summed E-state index contributed by atoms with van der Waals surface area (Å²) in [6.45, 7) is 2.72. The zero-order valence-corrected chi connectivity index (χ0v) is 19.0. The number of carbonyl (C=O) groups is 1. The Bertz CT molecular complexity index is 1160. The van der Waals surface area contributed by atoms with E-state index in [1.165, 1.54) is 4.31 Å². The Hall–Kier alpha value is -2.96. The normalized spacial score (nSPS) is 16.4. The molecule has 0 bridgehead atoms. The van der Waals surface area contributed by atoms with Crippen LogP contribution in [0.15, 0.2) is 89.8 Å². The summed E-state index contributed by atoms with van der Waals surface area (Å²) >= 11 is 0. The molecule has 3 aromatic carbocycles. The Labute approximate surface area is 190 Å². The van der Waals surface area contributed by atoms with Gasteiger partial charge in [0.25, 0.3) is 0 Å². The number of nitrogens with one attached hydrogen (secondary N) is 1. The fraction of sp³-hybridized carbons (Fsp3) is 0.269. The third kappa shape index (κ3) is 4.92. The van der Waals surface area contributed by atoms with Gasteiger partial charge in [-0.25, -0.2) is 8.42 Å². The zero-order chi connectivity index (χ0) is 22.6. The fourth-order valence-corrected chi connectivity index (χ4v) is 5.71. The van der Waals surface area contributed by atoms with E-state index >= 15 is 0 Å². The van der Waals surface area contributed by atoms with Crippen molar-refractivity contribution in [3.63, 3.8) is 0 Å². The van der Waals surface area contributed by atoms with Crippen molar-refractivity contribution < 1.29 is 13.2 Å². The topological polar surface area (TPSA) is 66.5 Å². The van der Waals surface area contributed by atoms with Gasteiger partial charge in [0.05, 0.1) is 10.9 Å². The minimum absolute atomic E-state index is 0.0304. The molecule has 0 saturated carbocycles. The summed E-state index contributed by atoms with van der Waals surface area (Å²) in [5.74, 6) is -0.245. The standard InChI is InChI=1S/C26H28N2O3S/c1-20-9-8-12-23(19-20)25(21-10-4-2-5-11-21)27-26(29)22-15-17-28(18-16-22)32(30,31)24-13-6-3-7-14-24/h2-14,19,22,25H,15-18H2,1H3,(H,27,29)/t25-/m0/s1. The number of amides is 1. The molecule has 0 spiro atoms. The van der Waals surface area contributed by atoms with Gasteiger partial charge in [0, 0.05) is 19.0 Å². The smallest absolute Gasteiger partial charge is 0.243 e. The van der Waals surface area contributed by atoms with E-state index in [4.69, 9.17) is 0 Å². The van der Waals surface area contributed by atoms with Gasteiger partial charge in [0.2, 0.25) is 15.9 Å². The van der Waals surface area contributed by atoms with Gasteiger partial charge < -0.3 is 5.32 Å². The minimum atomic E-state index is -3.52. The summed E-state index contributed by atoms with van der Waals surface area (Å²) in [6, 6.07) is 26.3. The molecular weight excluding hydrogens is 420 g/mol. The number of benzene rings is 3. The van der Waals surface area contributed by atoms with Crippen molar-refractivity contribution in [1.29, 1.82) is 0 Å². The van der Waals surface area contributed by atoms with Crippen LogP contribution in [0.25, 0.3) is 0 Å². The third-order valence-corrected chi connectivity index (χ3v) is 7.91. The van der Waals surface area contributed by atoms with E-state index in [1.807, 2.05) is 55.5 Å². The first kappa shape index (κ1) is 22.2. The Balaban J connectivity index is 1.46. The number of rotatable bonds is 6. The van der Waals surface area contributed by atoms with Crippen LogP contribution in [0.3, 0.4) is 0 Å². The molecule has 1 fully saturated rings. The van der Waals surface area contributed by atoms with Gasteiger partial charge in [-0.15, -0.1) is 0 Å². The minimum Gasteiger partial charge on any atom is -0.345 e. The molecule has 1 aliphatic rings. The van der Waals surface area contributed by atoms with E-state index < -0.39 is 10.0 Å².